The van der Waals surface area contributed by atoms with Crippen molar-refractivity contribution in [2.24, 2.45) is 0 Å². The predicted molar refractivity (Wildman–Crippen MR) is 70.5 cm³/mol. The van der Waals surface area contributed by atoms with E-state index in [0.29, 0.717) is 18.4 Å². The van der Waals surface area contributed by atoms with Crippen LogP contribution in [0.25, 0.3) is 0 Å². The largest absolute Gasteiger partial charge is 0.480 e. The molecule has 19 heavy (non-hydrogen) atoms. The number of aliphatic carboxylic acids is 1. The van der Waals surface area contributed by atoms with Crippen molar-refractivity contribution < 1.29 is 18.3 Å². The maximum atomic E-state index is 12.3. The SMILES string of the molecule is Cc1ccc(C)c(S(=O)(=O)NC2(C(=O)O)CCC2)c1. The second kappa shape index (κ2) is 4.61. The highest BCUT2D eigenvalue weighted by molar-refractivity contribution is 7.89. The molecule has 0 atom stereocenters. The fraction of sp³-hybridized carbons (Fsp3) is 0.462. The van der Waals surface area contributed by atoms with E-state index in [0.717, 1.165) is 12.0 Å². The van der Waals surface area contributed by atoms with Gasteiger partial charge in [-0.2, -0.15) is 4.72 Å². The highest BCUT2D eigenvalue weighted by Gasteiger charge is 2.47. The lowest BCUT2D eigenvalue weighted by atomic mass is 9.78. The van der Waals surface area contributed by atoms with Gasteiger partial charge in [-0.05, 0) is 50.3 Å². The molecule has 2 N–H and O–H groups in total. The summed E-state index contributed by atoms with van der Waals surface area (Å²) in [5.74, 6) is -1.10. The van der Waals surface area contributed by atoms with Crippen LogP contribution in [0.3, 0.4) is 0 Å². The van der Waals surface area contributed by atoms with Gasteiger partial charge in [0.05, 0.1) is 4.90 Å². The summed E-state index contributed by atoms with van der Waals surface area (Å²) in [7, 11) is -3.81. The van der Waals surface area contributed by atoms with Gasteiger partial charge in [0.1, 0.15) is 5.54 Å². The van der Waals surface area contributed by atoms with Crippen LogP contribution in [0.1, 0.15) is 30.4 Å². The standard InChI is InChI=1S/C13H17NO4S/c1-9-4-5-10(2)11(8-9)19(17,18)14-13(12(15)16)6-3-7-13/h4-5,8,14H,3,6-7H2,1-2H3,(H,15,16). The van der Waals surface area contributed by atoms with Crippen LogP contribution in [0.15, 0.2) is 23.1 Å². The first-order chi connectivity index (χ1) is 8.77. The first-order valence-corrected chi connectivity index (χ1v) is 7.60. The fourth-order valence-corrected chi connectivity index (χ4v) is 3.95. The van der Waals surface area contributed by atoms with Crippen molar-refractivity contribution in [1.29, 1.82) is 0 Å². The van der Waals surface area contributed by atoms with Gasteiger partial charge >= 0.3 is 5.97 Å². The summed E-state index contributed by atoms with van der Waals surface area (Å²) < 4.78 is 27.0. The predicted octanol–water partition coefficient (Wildman–Crippen LogP) is 1.59. The van der Waals surface area contributed by atoms with E-state index in [2.05, 4.69) is 4.72 Å². The van der Waals surface area contributed by atoms with Gasteiger partial charge in [0.15, 0.2) is 0 Å². The van der Waals surface area contributed by atoms with Crippen LogP contribution < -0.4 is 4.72 Å². The first kappa shape index (κ1) is 14.0. The van der Waals surface area contributed by atoms with Crippen molar-refractivity contribution in [2.75, 3.05) is 0 Å². The third-order valence-electron chi connectivity index (χ3n) is 3.58. The Morgan fingerprint density at radius 3 is 2.42 bits per heavy atom. The van der Waals surface area contributed by atoms with E-state index in [1.165, 1.54) is 0 Å². The first-order valence-electron chi connectivity index (χ1n) is 6.11. The lowest BCUT2D eigenvalue weighted by molar-refractivity contribution is -0.147. The molecule has 1 aromatic carbocycles. The topological polar surface area (TPSA) is 83.5 Å². The van der Waals surface area contributed by atoms with Crippen LogP contribution >= 0.6 is 0 Å². The second-order valence-corrected chi connectivity index (χ2v) is 6.77. The van der Waals surface area contributed by atoms with Crippen LogP contribution in [0.2, 0.25) is 0 Å². The average Bonchev–Trinajstić information content (AvgIpc) is 2.26. The fourth-order valence-electron chi connectivity index (χ4n) is 2.20. The zero-order valence-corrected chi connectivity index (χ0v) is 11.8. The Labute approximate surface area is 112 Å². The van der Waals surface area contributed by atoms with Crippen molar-refractivity contribution in [1.82, 2.24) is 4.72 Å². The van der Waals surface area contributed by atoms with Crippen molar-refractivity contribution in [3.05, 3.63) is 29.3 Å². The molecule has 0 spiro atoms. The molecule has 2 rings (SSSR count). The van der Waals surface area contributed by atoms with Crippen molar-refractivity contribution in [3.63, 3.8) is 0 Å². The molecule has 1 aromatic rings. The Kier molecular flexibility index (Phi) is 3.40. The van der Waals surface area contributed by atoms with Gasteiger partial charge in [-0.1, -0.05) is 12.1 Å². The molecule has 0 unspecified atom stereocenters. The lowest BCUT2D eigenvalue weighted by Gasteiger charge is -2.37. The zero-order chi connectivity index (χ0) is 14.3. The van der Waals surface area contributed by atoms with Gasteiger partial charge in [0.2, 0.25) is 10.0 Å². The van der Waals surface area contributed by atoms with Gasteiger partial charge < -0.3 is 5.11 Å². The molecule has 0 amide bonds. The van der Waals surface area contributed by atoms with E-state index in [9.17, 15) is 18.3 Å². The molecule has 5 nitrogen and oxygen atoms in total. The van der Waals surface area contributed by atoms with Crippen LogP contribution in [0.4, 0.5) is 0 Å². The van der Waals surface area contributed by atoms with E-state index >= 15 is 0 Å². The summed E-state index contributed by atoms with van der Waals surface area (Å²) in [6, 6.07) is 5.11. The Morgan fingerprint density at radius 2 is 1.95 bits per heavy atom. The Bertz CT molecular complexity index is 618. The molecule has 1 aliphatic rings. The van der Waals surface area contributed by atoms with Crippen LogP contribution in [-0.4, -0.2) is 25.0 Å². The maximum absolute atomic E-state index is 12.3. The molecule has 6 heteroatoms. The van der Waals surface area contributed by atoms with Crippen LogP contribution in [-0.2, 0) is 14.8 Å². The summed E-state index contributed by atoms with van der Waals surface area (Å²) in [6.45, 7) is 3.50. The molecule has 1 fully saturated rings. The number of hydrogen-bond acceptors (Lipinski definition) is 3. The lowest BCUT2D eigenvalue weighted by Crippen LogP contribution is -2.58. The Hall–Kier alpha value is -1.40. The summed E-state index contributed by atoms with van der Waals surface area (Å²) in [4.78, 5) is 11.4. The number of rotatable bonds is 4. The number of sulfonamides is 1. The van der Waals surface area contributed by atoms with Crippen molar-refractivity contribution in [2.45, 2.75) is 43.5 Å². The summed E-state index contributed by atoms with van der Waals surface area (Å²) in [5.41, 5.74) is 0.108. The minimum absolute atomic E-state index is 0.153. The average molecular weight is 283 g/mol. The van der Waals surface area contributed by atoms with Crippen LogP contribution in [0, 0.1) is 13.8 Å². The van der Waals surface area contributed by atoms with Gasteiger partial charge in [0.25, 0.3) is 0 Å². The number of carboxylic acid groups (broad SMARTS) is 1. The zero-order valence-electron chi connectivity index (χ0n) is 10.9. The number of carboxylic acids is 1. The minimum atomic E-state index is -3.81. The second-order valence-electron chi connectivity index (χ2n) is 5.12. The van der Waals surface area contributed by atoms with E-state index in [1.54, 1.807) is 26.0 Å². The molecule has 0 radical (unpaired) electrons. The third-order valence-corrected chi connectivity index (χ3v) is 5.26. The van der Waals surface area contributed by atoms with E-state index in [1.807, 2.05) is 6.07 Å². The van der Waals surface area contributed by atoms with Crippen molar-refractivity contribution >= 4 is 16.0 Å². The van der Waals surface area contributed by atoms with Gasteiger partial charge in [-0.25, -0.2) is 8.42 Å². The van der Waals surface area contributed by atoms with Gasteiger partial charge in [0, 0.05) is 0 Å². The Morgan fingerprint density at radius 1 is 1.32 bits per heavy atom. The molecule has 0 aliphatic heterocycles. The monoisotopic (exact) mass is 283 g/mol. The highest BCUT2D eigenvalue weighted by Crippen LogP contribution is 2.34. The molecule has 1 aliphatic carbocycles. The molecular formula is C13H17NO4S. The number of nitrogens with one attached hydrogen (secondary N) is 1. The summed E-state index contributed by atoms with van der Waals surface area (Å²) in [6.07, 6.45) is 1.40. The highest BCUT2D eigenvalue weighted by atomic mass is 32.2. The molecule has 104 valence electrons. The molecule has 0 saturated heterocycles. The Balaban J connectivity index is 2.38. The summed E-state index contributed by atoms with van der Waals surface area (Å²) >= 11 is 0. The van der Waals surface area contributed by atoms with Gasteiger partial charge in [-0.3, -0.25) is 4.79 Å². The molecule has 0 heterocycles. The van der Waals surface area contributed by atoms with Crippen LogP contribution in [0.5, 0.6) is 0 Å². The minimum Gasteiger partial charge on any atom is -0.480 e. The molecule has 1 saturated carbocycles. The quantitative estimate of drug-likeness (QED) is 0.879. The third kappa shape index (κ3) is 2.50. The maximum Gasteiger partial charge on any atom is 0.324 e. The van der Waals surface area contributed by atoms with Gasteiger partial charge in [-0.15, -0.1) is 0 Å². The molecule has 0 aromatic heterocycles. The number of carbonyl (C=O) groups is 1. The molecule has 0 bridgehead atoms. The van der Waals surface area contributed by atoms with E-state index < -0.39 is 21.5 Å². The molecular weight excluding hydrogens is 266 g/mol. The number of benzene rings is 1. The number of aryl methyl sites for hydroxylation is 2. The van der Waals surface area contributed by atoms with Crippen molar-refractivity contribution in [3.8, 4) is 0 Å². The van der Waals surface area contributed by atoms with E-state index in [4.69, 9.17) is 0 Å². The van der Waals surface area contributed by atoms with E-state index in [-0.39, 0.29) is 4.90 Å². The normalized spacial score (nSPS) is 17.8. The summed E-state index contributed by atoms with van der Waals surface area (Å²) in [5, 5.41) is 9.19. The smallest absolute Gasteiger partial charge is 0.324 e. The number of hydrogen-bond donors (Lipinski definition) is 2.